The summed E-state index contributed by atoms with van der Waals surface area (Å²) >= 11 is 0. The molecule has 0 N–H and O–H groups in total. The summed E-state index contributed by atoms with van der Waals surface area (Å²) in [5.74, 6) is 1.80. The number of hydrogen-bond acceptors (Lipinski definition) is 4. The first-order chi connectivity index (χ1) is 29.7. The van der Waals surface area contributed by atoms with Gasteiger partial charge < -0.3 is 8.98 Å². The molecule has 280 valence electrons. The number of nitrogens with zero attached hydrogens (tertiary/aromatic N) is 4. The number of hydrogen-bond donors (Lipinski definition) is 0. The maximum Gasteiger partial charge on any atom is 0.164 e. The van der Waals surface area contributed by atoms with Crippen LogP contribution in [0.5, 0.6) is 0 Å². The molecular formula is C55H34N4O. The van der Waals surface area contributed by atoms with Gasteiger partial charge in [0, 0.05) is 43.9 Å². The molecule has 12 rings (SSSR count). The fourth-order valence-corrected chi connectivity index (χ4v) is 8.90. The number of para-hydroxylation sites is 2. The van der Waals surface area contributed by atoms with Crippen LogP contribution in [0.3, 0.4) is 0 Å². The molecule has 0 aliphatic carbocycles. The van der Waals surface area contributed by atoms with Gasteiger partial charge in [0.15, 0.2) is 17.5 Å². The van der Waals surface area contributed by atoms with Crippen molar-refractivity contribution < 1.29 is 4.42 Å². The summed E-state index contributed by atoms with van der Waals surface area (Å²) < 4.78 is 8.87. The second-order valence-corrected chi connectivity index (χ2v) is 15.2. The first kappa shape index (κ1) is 33.9. The molecule has 0 spiro atoms. The van der Waals surface area contributed by atoms with Crippen molar-refractivity contribution in [3.63, 3.8) is 0 Å². The van der Waals surface area contributed by atoms with Gasteiger partial charge in [-0.3, -0.25) is 0 Å². The molecule has 3 aromatic heterocycles. The highest BCUT2D eigenvalue weighted by Gasteiger charge is 2.22. The molecule has 5 nitrogen and oxygen atoms in total. The van der Waals surface area contributed by atoms with Crippen LogP contribution in [0.25, 0.3) is 117 Å². The molecule has 0 radical (unpaired) electrons. The van der Waals surface area contributed by atoms with Gasteiger partial charge >= 0.3 is 0 Å². The second kappa shape index (κ2) is 13.8. The Hall–Kier alpha value is -8.15. The third kappa shape index (κ3) is 5.52. The third-order valence-electron chi connectivity index (χ3n) is 11.7. The minimum Gasteiger partial charge on any atom is -0.456 e. The highest BCUT2D eigenvalue weighted by molar-refractivity contribution is 6.15. The maximum absolute atomic E-state index is 6.48. The number of aromatic nitrogens is 4. The fraction of sp³-hybridized carbons (Fsp3) is 0. The lowest BCUT2D eigenvalue weighted by Gasteiger charge is -2.17. The molecule has 0 amide bonds. The third-order valence-corrected chi connectivity index (χ3v) is 11.7. The van der Waals surface area contributed by atoms with E-state index in [0.717, 1.165) is 77.6 Å². The molecule has 0 bridgehead atoms. The van der Waals surface area contributed by atoms with Crippen LogP contribution < -0.4 is 0 Å². The van der Waals surface area contributed by atoms with Crippen LogP contribution in [0.15, 0.2) is 211 Å². The Labute approximate surface area is 345 Å². The lowest BCUT2D eigenvalue weighted by Crippen LogP contribution is -2.03. The van der Waals surface area contributed by atoms with Gasteiger partial charge in [0.25, 0.3) is 0 Å². The molecule has 0 unspecified atom stereocenters. The molecule has 5 heteroatoms. The zero-order chi connectivity index (χ0) is 39.6. The van der Waals surface area contributed by atoms with Crippen molar-refractivity contribution in [2.45, 2.75) is 0 Å². The van der Waals surface area contributed by atoms with Gasteiger partial charge in [-0.15, -0.1) is 0 Å². The Balaban J connectivity index is 1.17. The van der Waals surface area contributed by atoms with Gasteiger partial charge in [-0.2, -0.15) is 0 Å². The fourth-order valence-electron chi connectivity index (χ4n) is 8.90. The highest BCUT2D eigenvalue weighted by Crippen LogP contribution is 2.43. The summed E-state index contributed by atoms with van der Waals surface area (Å²) in [6.07, 6.45) is 0. The van der Waals surface area contributed by atoms with Crippen LogP contribution in [-0.2, 0) is 0 Å². The van der Waals surface area contributed by atoms with E-state index in [0.29, 0.717) is 17.5 Å². The van der Waals surface area contributed by atoms with Gasteiger partial charge in [-0.05, 0) is 81.6 Å². The summed E-state index contributed by atoms with van der Waals surface area (Å²) in [5.41, 5.74) is 11.9. The topological polar surface area (TPSA) is 56.7 Å². The highest BCUT2D eigenvalue weighted by atomic mass is 16.3. The summed E-state index contributed by atoms with van der Waals surface area (Å²) in [7, 11) is 0. The molecule has 3 heterocycles. The molecule has 0 saturated carbocycles. The van der Waals surface area contributed by atoms with Crippen molar-refractivity contribution >= 4 is 54.5 Å². The molecule has 0 aliphatic rings. The molecule has 0 aliphatic heterocycles. The van der Waals surface area contributed by atoms with Crippen LogP contribution >= 0.6 is 0 Å². The zero-order valence-electron chi connectivity index (χ0n) is 32.3. The van der Waals surface area contributed by atoms with Gasteiger partial charge in [-0.1, -0.05) is 158 Å². The van der Waals surface area contributed by atoms with Gasteiger partial charge in [0.05, 0.1) is 11.0 Å². The van der Waals surface area contributed by atoms with Gasteiger partial charge in [-0.25, -0.2) is 15.0 Å². The monoisotopic (exact) mass is 766 g/mol. The lowest BCUT2D eigenvalue weighted by atomic mass is 9.94. The first-order valence-electron chi connectivity index (χ1n) is 20.2. The number of rotatable bonds is 6. The van der Waals surface area contributed by atoms with Crippen LogP contribution in [-0.4, -0.2) is 19.5 Å². The van der Waals surface area contributed by atoms with Crippen molar-refractivity contribution in [2.24, 2.45) is 0 Å². The summed E-state index contributed by atoms with van der Waals surface area (Å²) in [6, 6.07) is 72.1. The number of fused-ring (bicyclic) bond motifs is 7. The standard InChI is InChI=1S/C55H34N4O/c1-3-16-35(17-4-1)40-22-9-10-24-43(40)54-56-53(36-18-5-2-6-19-36)57-55(58-54)44-31-30-39(34-46(44)42-26-15-29-51-52(42)45-25-12-14-28-50(45)60-51)59-48-27-13-11-23-41(48)47-32-37-20-7-8-21-38(37)33-49(47)59/h1-34H. The molecule has 9 aromatic carbocycles. The smallest absolute Gasteiger partial charge is 0.164 e. The van der Waals surface area contributed by atoms with Crippen molar-refractivity contribution in [2.75, 3.05) is 0 Å². The van der Waals surface area contributed by atoms with Crippen LogP contribution in [0.2, 0.25) is 0 Å². The lowest BCUT2D eigenvalue weighted by molar-refractivity contribution is 0.669. The predicted octanol–water partition coefficient (Wildman–Crippen LogP) is 14.4. The number of benzene rings is 9. The average Bonchev–Trinajstić information content (AvgIpc) is 3.86. The Bertz CT molecular complexity index is 3610. The van der Waals surface area contributed by atoms with Crippen LogP contribution in [0.1, 0.15) is 0 Å². The van der Waals surface area contributed by atoms with E-state index in [1.165, 1.54) is 21.5 Å². The average molecular weight is 767 g/mol. The van der Waals surface area contributed by atoms with E-state index in [9.17, 15) is 0 Å². The minimum atomic E-state index is 0.585. The van der Waals surface area contributed by atoms with E-state index in [1.54, 1.807) is 0 Å². The Kier molecular flexibility index (Phi) is 7.78. The van der Waals surface area contributed by atoms with E-state index in [-0.39, 0.29) is 0 Å². The summed E-state index contributed by atoms with van der Waals surface area (Å²) in [5, 5.41) is 6.94. The number of furan rings is 1. The Morgan fingerprint density at radius 2 is 0.917 bits per heavy atom. The van der Waals surface area contributed by atoms with Gasteiger partial charge in [0.2, 0.25) is 0 Å². The molecule has 0 atom stereocenters. The zero-order valence-corrected chi connectivity index (χ0v) is 32.3. The van der Waals surface area contributed by atoms with Gasteiger partial charge in [0.1, 0.15) is 11.2 Å². The minimum absolute atomic E-state index is 0.585. The Morgan fingerprint density at radius 1 is 0.333 bits per heavy atom. The predicted molar refractivity (Wildman–Crippen MR) is 246 cm³/mol. The van der Waals surface area contributed by atoms with Crippen molar-refractivity contribution in [3.8, 4) is 62.1 Å². The van der Waals surface area contributed by atoms with Crippen molar-refractivity contribution in [1.29, 1.82) is 0 Å². The quantitative estimate of drug-likeness (QED) is 0.169. The van der Waals surface area contributed by atoms with Crippen LogP contribution in [0.4, 0.5) is 0 Å². The van der Waals surface area contributed by atoms with Crippen molar-refractivity contribution in [3.05, 3.63) is 206 Å². The maximum atomic E-state index is 6.48. The molecule has 0 saturated heterocycles. The van der Waals surface area contributed by atoms with E-state index >= 15 is 0 Å². The second-order valence-electron chi connectivity index (χ2n) is 15.2. The summed E-state index contributed by atoms with van der Waals surface area (Å²) in [4.78, 5) is 15.8. The van der Waals surface area contributed by atoms with E-state index in [1.807, 2.05) is 42.5 Å². The largest absolute Gasteiger partial charge is 0.456 e. The summed E-state index contributed by atoms with van der Waals surface area (Å²) in [6.45, 7) is 0. The molecule has 0 fully saturated rings. The van der Waals surface area contributed by atoms with Crippen molar-refractivity contribution in [1.82, 2.24) is 19.5 Å². The van der Waals surface area contributed by atoms with E-state index < -0.39 is 0 Å². The molecule has 60 heavy (non-hydrogen) atoms. The normalized spacial score (nSPS) is 11.7. The van der Waals surface area contributed by atoms with E-state index in [4.69, 9.17) is 19.4 Å². The van der Waals surface area contributed by atoms with Crippen LogP contribution in [0, 0.1) is 0 Å². The van der Waals surface area contributed by atoms with E-state index in [2.05, 4.69) is 168 Å². The first-order valence-corrected chi connectivity index (χ1v) is 20.2. The SMILES string of the molecule is c1ccc(-c2nc(-c3ccccc3-c3ccccc3)nc(-c3ccc(-n4c5ccccc5c5cc6ccccc6cc54)cc3-c3cccc4oc5ccccc5c34)n2)cc1. The molecular weight excluding hydrogens is 733 g/mol. The Morgan fingerprint density at radius 3 is 1.72 bits per heavy atom. The molecule has 12 aromatic rings.